The van der Waals surface area contributed by atoms with E-state index in [9.17, 15) is 20.0 Å². The number of nitro groups is 1. The molecule has 8 heteroatoms. The SMILES string of the molecule is O=C(NCC(O)c1ccsc1)c1ccc(Br)c([N+](=O)[O-])c1. The Bertz CT molecular complexity index is 660. The van der Waals surface area contributed by atoms with Crippen LogP contribution >= 0.6 is 27.3 Å². The largest absolute Gasteiger partial charge is 0.387 e. The third-order valence-corrected chi connectivity index (χ3v) is 4.16. The number of aliphatic hydroxyl groups excluding tert-OH is 1. The highest BCUT2D eigenvalue weighted by atomic mass is 79.9. The van der Waals surface area contributed by atoms with Crippen molar-refractivity contribution in [3.05, 3.63) is 60.7 Å². The first-order valence-electron chi connectivity index (χ1n) is 5.91. The van der Waals surface area contributed by atoms with E-state index in [1.54, 1.807) is 11.4 Å². The van der Waals surface area contributed by atoms with Crippen LogP contribution in [0.2, 0.25) is 0 Å². The Hall–Kier alpha value is -1.77. The number of aliphatic hydroxyl groups is 1. The van der Waals surface area contributed by atoms with Crippen LogP contribution in [0.5, 0.6) is 0 Å². The molecule has 1 atom stereocenters. The standard InChI is InChI=1S/C13H11BrN2O4S/c14-10-2-1-8(5-11(10)16(19)20)13(18)15-6-12(17)9-3-4-21-7-9/h1-5,7,12,17H,6H2,(H,15,18). The maximum Gasteiger partial charge on any atom is 0.284 e. The average molecular weight is 371 g/mol. The lowest BCUT2D eigenvalue weighted by Crippen LogP contribution is -2.28. The number of amides is 1. The molecule has 1 amide bonds. The molecular weight excluding hydrogens is 360 g/mol. The molecule has 21 heavy (non-hydrogen) atoms. The Balaban J connectivity index is 2.04. The predicted molar refractivity (Wildman–Crippen MR) is 82.4 cm³/mol. The number of carbonyl (C=O) groups excluding carboxylic acids is 1. The number of hydrogen-bond acceptors (Lipinski definition) is 5. The minimum absolute atomic E-state index is 0.0411. The number of hydrogen-bond donors (Lipinski definition) is 2. The first-order chi connectivity index (χ1) is 9.99. The van der Waals surface area contributed by atoms with E-state index >= 15 is 0 Å². The van der Waals surface area contributed by atoms with Crippen LogP contribution in [0.15, 0.2) is 39.5 Å². The van der Waals surface area contributed by atoms with E-state index in [-0.39, 0.29) is 17.8 Å². The van der Waals surface area contributed by atoms with Crippen molar-refractivity contribution in [3.8, 4) is 0 Å². The summed E-state index contributed by atoms with van der Waals surface area (Å²) in [5.41, 5.74) is 0.713. The molecule has 2 N–H and O–H groups in total. The Morgan fingerprint density at radius 1 is 1.48 bits per heavy atom. The van der Waals surface area contributed by atoms with E-state index in [2.05, 4.69) is 21.2 Å². The molecule has 0 bridgehead atoms. The first-order valence-corrected chi connectivity index (χ1v) is 7.65. The van der Waals surface area contributed by atoms with Gasteiger partial charge in [0.05, 0.1) is 15.5 Å². The van der Waals surface area contributed by atoms with Gasteiger partial charge in [-0.2, -0.15) is 11.3 Å². The van der Waals surface area contributed by atoms with Gasteiger partial charge in [-0.1, -0.05) is 0 Å². The monoisotopic (exact) mass is 370 g/mol. The summed E-state index contributed by atoms with van der Waals surface area (Å²) in [7, 11) is 0. The molecular formula is C13H11BrN2O4S. The van der Waals surface area contributed by atoms with Crippen LogP contribution in [-0.4, -0.2) is 22.5 Å². The van der Waals surface area contributed by atoms with Crippen LogP contribution in [0, 0.1) is 10.1 Å². The number of rotatable bonds is 5. The molecule has 0 aliphatic carbocycles. The van der Waals surface area contributed by atoms with Gasteiger partial charge in [-0.05, 0) is 50.5 Å². The number of thiophene rings is 1. The van der Waals surface area contributed by atoms with Crippen LogP contribution in [-0.2, 0) is 0 Å². The van der Waals surface area contributed by atoms with E-state index in [1.165, 1.54) is 29.5 Å². The van der Waals surface area contributed by atoms with Crippen LogP contribution in [0.1, 0.15) is 22.0 Å². The zero-order valence-electron chi connectivity index (χ0n) is 10.7. The third kappa shape index (κ3) is 3.87. The van der Waals surface area contributed by atoms with Crippen LogP contribution in [0.4, 0.5) is 5.69 Å². The van der Waals surface area contributed by atoms with Gasteiger partial charge in [-0.15, -0.1) is 0 Å². The second-order valence-corrected chi connectivity index (χ2v) is 5.84. The highest BCUT2D eigenvalue weighted by molar-refractivity contribution is 9.10. The molecule has 0 saturated heterocycles. The van der Waals surface area contributed by atoms with Crippen molar-refractivity contribution in [2.24, 2.45) is 0 Å². The summed E-state index contributed by atoms with van der Waals surface area (Å²) in [6, 6.07) is 5.88. The molecule has 1 aromatic heterocycles. The van der Waals surface area contributed by atoms with E-state index in [0.29, 0.717) is 4.47 Å². The highest BCUT2D eigenvalue weighted by Crippen LogP contribution is 2.25. The van der Waals surface area contributed by atoms with Crippen molar-refractivity contribution in [3.63, 3.8) is 0 Å². The van der Waals surface area contributed by atoms with Crippen molar-refractivity contribution in [2.45, 2.75) is 6.10 Å². The topological polar surface area (TPSA) is 92.5 Å². The average Bonchev–Trinajstić information content (AvgIpc) is 2.98. The lowest BCUT2D eigenvalue weighted by atomic mass is 10.1. The number of nitro benzene ring substituents is 1. The summed E-state index contributed by atoms with van der Waals surface area (Å²) in [5, 5.41) is 26.9. The fraction of sp³-hybridized carbons (Fsp3) is 0.154. The molecule has 6 nitrogen and oxygen atoms in total. The van der Waals surface area contributed by atoms with Gasteiger partial charge < -0.3 is 10.4 Å². The van der Waals surface area contributed by atoms with Crippen molar-refractivity contribution in [2.75, 3.05) is 6.54 Å². The smallest absolute Gasteiger partial charge is 0.284 e. The molecule has 0 aliphatic rings. The van der Waals surface area contributed by atoms with E-state index < -0.39 is 16.9 Å². The zero-order chi connectivity index (χ0) is 15.4. The fourth-order valence-electron chi connectivity index (χ4n) is 1.67. The van der Waals surface area contributed by atoms with Gasteiger partial charge in [0.1, 0.15) is 0 Å². The lowest BCUT2D eigenvalue weighted by Gasteiger charge is -2.10. The van der Waals surface area contributed by atoms with E-state index in [1.807, 2.05) is 5.38 Å². The second-order valence-electron chi connectivity index (χ2n) is 4.21. The van der Waals surface area contributed by atoms with E-state index in [4.69, 9.17) is 0 Å². The third-order valence-electron chi connectivity index (χ3n) is 2.79. The van der Waals surface area contributed by atoms with Gasteiger partial charge in [-0.25, -0.2) is 0 Å². The molecule has 0 fully saturated rings. The molecule has 1 aromatic carbocycles. The number of halogens is 1. The van der Waals surface area contributed by atoms with Gasteiger partial charge in [0.15, 0.2) is 0 Å². The first kappa shape index (κ1) is 15.6. The number of benzene rings is 1. The molecule has 1 heterocycles. The van der Waals surface area contributed by atoms with Gasteiger partial charge in [-0.3, -0.25) is 14.9 Å². The summed E-state index contributed by atoms with van der Waals surface area (Å²) >= 11 is 4.51. The number of carbonyl (C=O) groups is 1. The fourth-order valence-corrected chi connectivity index (χ4v) is 2.77. The molecule has 2 aromatic rings. The van der Waals surface area contributed by atoms with Gasteiger partial charge >= 0.3 is 0 Å². The summed E-state index contributed by atoms with van der Waals surface area (Å²) in [5.74, 6) is -0.472. The van der Waals surface area contributed by atoms with Crippen LogP contribution < -0.4 is 5.32 Å². The molecule has 1 unspecified atom stereocenters. The quantitative estimate of drug-likeness (QED) is 0.625. The molecule has 0 spiro atoms. The number of nitrogens with one attached hydrogen (secondary N) is 1. The van der Waals surface area contributed by atoms with Crippen molar-refractivity contribution in [1.29, 1.82) is 0 Å². The molecule has 0 saturated carbocycles. The summed E-state index contributed by atoms with van der Waals surface area (Å²) in [4.78, 5) is 22.2. The van der Waals surface area contributed by atoms with Gasteiger partial charge in [0, 0.05) is 18.2 Å². The number of nitrogens with zero attached hydrogens (tertiary/aromatic N) is 1. The van der Waals surface area contributed by atoms with Crippen molar-refractivity contribution in [1.82, 2.24) is 5.32 Å². The summed E-state index contributed by atoms with van der Waals surface area (Å²) < 4.78 is 0.308. The Labute approximate surface area is 132 Å². The summed E-state index contributed by atoms with van der Waals surface area (Å²) in [6.07, 6.45) is -0.800. The van der Waals surface area contributed by atoms with Crippen molar-refractivity contribution >= 4 is 38.9 Å². The lowest BCUT2D eigenvalue weighted by molar-refractivity contribution is -0.385. The van der Waals surface area contributed by atoms with Gasteiger partial charge in [0.2, 0.25) is 0 Å². The normalized spacial score (nSPS) is 11.9. The van der Waals surface area contributed by atoms with Crippen LogP contribution in [0.3, 0.4) is 0 Å². The maximum absolute atomic E-state index is 11.9. The maximum atomic E-state index is 11.9. The van der Waals surface area contributed by atoms with Crippen molar-refractivity contribution < 1.29 is 14.8 Å². The Morgan fingerprint density at radius 2 is 2.24 bits per heavy atom. The van der Waals surface area contributed by atoms with Gasteiger partial charge in [0.25, 0.3) is 11.6 Å². The summed E-state index contributed by atoms with van der Waals surface area (Å²) in [6.45, 7) is 0.0411. The Morgan fingerprint density at radius 3 is 2.86 bits per heavy atom. The minimum Gasteiger partial charge on any atom is -0.387 e. The van der Waals surface area contributed by atoms with Crippen LogP contribution in [0.25, 0.3) is 0 Å². The molecule has 2 rings (SSSR count). The molecule has 0 aliphatic heterocycles. The molecule has 0 radical (unpaired) electrons. The Kier molecular flexibility index (Phi) is 5.05. The second kappa shape index (κ2) is 6.79. The minimum atomic E-state index is -0.800. The zero-order valence-corrected chi connectivity index (χ0v) is 13.1. The highest BCUT2D eigenvalue weighted by Gasteiger charge is 2.17. The molecule has 110 valence electrons. The predicted octanol–water partition coefficient (Wildman–Crippen LogP) is 2.88. The van der Waals surface area contributed by atoms with E-state index in [0.717, 1.165) is 5.56 Å².